The molecule has 4 N–H and O–H groups in total. The van der Waals surface area contributed by atoms with Crippen molar-refractivity contribution in [1.82, 2.24) is 0 Å². The molecule has 0 saturated heterocycles. The van der Waals surface area contributed by atoms with Crippen LogP contribution in [0.25, 0.3) is 0 Å². The van der Waals surface area contributed by atoms with Gasteiger partial charge in [-0.3, -0.25) is 0 Å². The first kappa shape index (κ1) is 20.5. The van der Waals surface area contributed by atoms with E-state index in [0.29, 0.717) is 9.49 Å². The minimum absolute atomic E-state index is 0.689. The maximum atomic E-state index is 5.64. The van der Waals surface area contributed by atoms with Crippen LogP contribution in [0.3, 0.4) is 0 Å². The van der Waals surface area contributed by atoms with E-state index < -0.39 is 0 Å². The molecular weight excluding hydrogens is 380 g/mol. The van der Waals surface area contributed by atoms with Gasteiger partial charge < -0.3 is 11.5 Å². The zero-order valence-electron chi connectivity index (χ0n) is 17.7. The van der Waals surface area contributed by atoms with Crippen LogP contribution in [0.1, 0.15) is 77.0 Å². The summed E-state index contributed by atoms with van der Waals surface area (Å²) in [6.07, 6.45) is 18.5. The Morgan fingerprint density at radius 2 is 0.750 bits per heavy atom. The third kappa shape index (κ3) is 4.18. The Hall–Kier alpha value is 0.620. The first-order valence-electron chi connectivity index (χ1n) is 12.3. The van der Waals surface area contributed by atoms with Gasteiger partial charge in [-0.1, -0.05) is 0 Å². The van der Waals surface area contributed by atoms with E-state index in [1.54, 1.807) is 38.5 Å². The van der Waals surface area contributed by atoms with E-state index in [9.17, 15) is 0 Å². The molecule has 8 bridgehead atoms. The Morgan fingerprint density at radius 3 is 0.964 bits per heavy atom. The molecule has 160 valence electrons. The van der Waals surface area contributed by atoms with Crippen LogP contribution in [-0.4, -0.2) is 34.1 Å². The van der Waals surface area contributed by atoms with Crippen molar-refractivity contribution >= 4 is 23.5 Å². The minimum atomic E-state index is 0.689. The summed E-state index contributed by atoms with van der Waals surface area (Å²) >= 11 is 4.42. The number of hydrogen-bond donors (Lipinski definition) is 2. The normalized spacial score (nSPS) is 49.9. The Kier molecular flexibility index (Phi) is 6.07. The fourth-order valence-electron chi connectivity index (χ4n) is 8.97. The van der Waals surface area contributed by atoms with Gasteiger partial charge >= 0.3 is 0 Å². The van der Waals surface area contributed by atoms with Gasteiger partial charge in [0.25, 0.3) is 0 Å². The molecule has 4 heteroatoms. The Bertz CT molecular complexity index is 430. The van der Waals surface area contributed by atoms with Gasteiger partial charge in [0, 0.05) is 34.1 Å². The van der Waals surface area contributed by atoms with Crippen LogP contribution in [-0.2, 0) is 0 Å². The smallest absolute Gasteiger partial charge is 0.0168 e. The van der Waals surface area contributed by atoms with Gasteiger partial charge in [0.05, 0.1) is 0 Å². The fourth-order valence-corrected chi connectivity index (χ4v) is 12.2. The van der Waals surface area contributed by atoms with Crippen molar-refractivity contribution in [2.75, 3.05) is 24.6 Å². The number of thioether (sulfide) groups is 2. The summed E-state index contributed by atoms with van der Waals surface area (Å²) < 4.78 is 1.38. The van der Waals surface area contributed by atoms with Crippen LogP contribution in [0.4, 0.5) is 0 Å². The summed E-state index contributed by atoms with van der Waals surface area (Å²) in [6, 6.07) is 0. The predicted octanol–water partition coefficient (Wildman–Crippen LogP) is 5.29. The van der Waals surface area contributed by atoms with Crippen molar-refractivity contribution in [3.05, 3.63) is 0 Å². The van der Waals surface area contributed by atoms with E-state index in [1.165, 1.54) is 50.0 Å². The molecule has 0 aromatic rings. The Balaban J connectivity index is 0.000000122. The number of nitrogens with two attached hydrogens (primary N) is 2. The molecule has 0 unspecified atom stereocenters. The lowest BCUT2D eigenvalue weighted by Crippen LogP contribution is -2.48. The van der Waals surface area contributed by atoms with Crippen LogP contribution in [0, 0.1) is 35.5 Å². The van der Waals surface area contributed by atoms with Crippen molar-refractivity contribution in [2.24, 2.45) is 47.0 Å². The fraction of sp³-hybridized carbons (Fsp3) is 1.00. The maximum absolute atomic E-state index is 5.64. The summed E-state index contributed by atoms with van der Waals surface area (Å²) in [7, 11) is 0. The molecule has 0 aliphatic heterocycles. The van der Waals surface area contributed by atoms with Gasteiger partial charge in [-0.05, 0) is 113 Å². The molecule has 0 spiro atoms. The van der Waals surface area contributed by atoms with Gasteiger partial charge in [-0.2, -0.15) is 23.5 Å². The molecular formula is C24H42N2S2. The quantitative estimate of drug-likeness (QED) is 0.610. The summed E-state index contributed by atoms with van der Waals surface area (Å²) in [5, 5.41) is 0. The minimum Gasteiger partial charge on any atom is -0.330 e. The molecule has 8 aliphatic carbocycles. The van der Waals surface area contributed by atoms with Gasteiger partial charge in [-0.25, -0.2) is 0 Å². The van der Waals surface area contributed by atoms with Gasteiger partial charge in [0.1, 0.15) is 0 Å². The molecule has 8 rings (SSSR count). The van der Waals surface area contributed by atoms with E-state index in [0.717, 1.165) is 48.6 Å². The predicted molar refractivity (Wildman–Crippen MR) is 125 cm³/mol. The summed E-state index contributed by atoms with van der Waals surface area (Å²) in [6.45, 7) is 1.73. The molecule has 0 heterocycles. The third-order valence-electron chi connectivity index (χ3n) is 9.02. The standard InChI is InChI=1S/2C12H21NS/c2*13-1-2-14-12-6-9-3-10(7-12)5-11(4-9)8-12/h2*9-11H,1-8,13H2. The highest BCUT2D eigenvalue weighted by Gasteiger charge is 2.51. The lowest BCUT2D eigenvalue weighted by molar-refractivity contribution is 0.0382. The van der Waals surface area contributed by atoms with Crippen LogP contribution >= 0.6 is 23.5 Å². The third-order valence-corrected chi connectivity index (χ3v) is 12.1. The van der Waals surface area contributed by atoms with E-state index in [2.05, 4.69) is 23.5 Å². The average Bonchev–Trinajstić information content (AvgIpc) is 2.63. The van der Waals surface area contributed by atoms with E-state index in [4.69, 9.17) is 11.5 Å². The maximum Gasteiger partial charge on any atom is 0.0168 e. The van der Waals surface area contributed by atoms with Crippen LogP contribution in [0.15, 0.2) is 0 Å². The second kappa shape index (κ2) is 8.28. The highest BCUT2D eigenvalue weighted by Crippen LogP contribution is 2.61. The van der Waals surface area contributed by atoms with Crippen LogP contribution in [0.2, 0.25) is 0 Å². The van der Waals surface area contributed by atoms with E-state index >= 15 is 0 Å². The number of hydrogen-bond acceptors (Lipinski definition) is 4. The van der Waals surface area contributed by atoms with Gasteiger partial charge in [0.15, 0.2) is 0 Å². The molecule has 0 amide bonds. The molecule has 28 heavy (non-hydrogen) atoms. The Morgan fingerprint density at radius 1 is 0.500 bits per heavy atom. The first-order valence-corrected chi connectivity index (χ1v) is 14.2. The SMILES string of the molecule is NCCSC12CC3CC(CC(C3)C1)C2.NCCSC12CC3CC(CC(C3)C1)C2. The zero-order valence-corrected chi connectivity index (χ0v) is 19.4. The highest BCUT2D eigenvalue weighted by atomic mass is 32.2. The van der Waals surface area contributed by atoms with Gasteiger partial charge in [-0.15, -0.1) is 0 Å². The second-order valence-electron chi connectivity index (χ2n) is 11.5. The molecule has 8 aliphatic rings. The molecule has 8 saturated carbocycles. The van der Waals surface area contributed by atoms with Crippen molar-refractivity contribution in [2.45, 2.75) is 86.5 Å². The Labute approximate surface area is 181 Å². The molecule has 0 aromatic carbocycles. The molecule has 0 atom stereocenters. The topological polar surface area (TPSA) is 52.0 Å². The highest BCUT2D eigenvalue weighted by molar-refractivity contribution is 8.00. The molecule has 8 fully saturated rings. The molecule has 0 aromatic heterocycles. The average molecular weight is 423 g/mol. The molecule has 2 nitrogen and oxygen atoms in total. The van der Waals surface area contributed by atoms with Gasteiger partial charge in [0.2, 0.25) is 0 Å². The lowest BCUT2D eigenvalue weighted by atomic mass is 9.56. The summed E-state index contributed by atoms with van der Waals surface area (Å²) in [5.41, 5.74) is 11.3. The summed E-state index contributed by atoms with van der Waals surface area (Å²) in [5.74, 6) is 8.91. The summed E-state index contributed by atoms with van der Waals surface area (Å²) in [4.78, 5) is 0. The van der Waals surface area contributed by atoms with Crippen molar-refractivity contribution in [1.29, 1.82) is 0 Å². The van der Waals surface area contributed by atoms with E-state index in [-0.39, 0.29) is 0 Å². The lowest BCUT2D eigenvalue weighted by Gasteiger charge is -2.56. The second-order valence-corrected chi connectivity index (χ2v) is 14.6. The zero-order chi connectivity index (χ0) is 19.2. The van der Waals surface area contributed by atoms with E-state index in [1.807, 2.05) is 0 Å². The monoisotopic (exact) mass is 422 g/mol. The van der Waals surface area contributed by atoms with Crippen molar-refractivity contribution in [3.8, 4) is 0 Å². The largest absolute Gasteiger partial charge is 0.330 e. The molecule has 0 radical (unpaired) electrons. The number of rotatable bonds is 6. The van der Waals surface area contributed by atoms with Crippen molar-refractivity contribution in [3.63, 3.8) is 0 Å². The van der Waals surface area contributed by atoms with Crippen LogP contribution < -0.4 is 11.5 Å². The van der Waals surface area contributed by atoms with Crippen LogP contribution in [0.5, 0.6) is 0 Å². The van der Waals surface area contributed by atoms with Crippen molar-refractivity contribution < 1.29 is 0 Å². The first-order chi connectivity index (χ1) is 13.6.